The van der Waals surface area contributed by atoms with Crippen molar-refractivity contribution in [2.75, 3.05) is 13.1 Å². The fraction of sp³-hybridized carbons (Fsp3) is 0.458. The van der Waals surface area contributed by atoms with Gasteiger partial charge < -0.3 is 0 Å². The first kappa shape index (κ1) is 19.6. The van der Waals surface area contributed by atoms with Crippen LogP contribution in [0.4, 0.5) is 4.39 Å². The molecule has 2 aromatic rings. The quantitative estimate of drug-likeness (QED) is 0.541. The lowest BCUT2D eigenvalue weighted by Gasteiger charge is -2.29. The van der Waals surface area contributed by atoms with Crippen LogP contribution in [0, 0.1) is 23.1 Å². The number of benzene rings is 2. The van der Waals surface area contributed by atoms with Crippen LogP contribution in [0.5, 0.6) is 0 Å². The van der Waals surface area contributed by atoms with Gasteiger partial charge in [-0.2, -0.15) is 5.26 Å². The van der Waals surface area contributed by atoms with Gasteiger partial charge in [0, 0.05) is 12.1 Å². The Morgan fingerprint density at radius 1 is 1.07 bits per heavy atom. The molecule has 2 aromatic carbocycles. The van der Waals surface area contributed by atoms with E-state index in [1.54, 1.807) is 6.07 Å². The molecule has 1 saturated carbocycles. The lowest BCUT2D eigenvalue weighted by atomic mass is 9.73. The minimum Gasteiger partial charge on any atom is -0.299 e. The Kier molecular flexibility index (Phi) is 6.63. The van der Waals surface area contributed by atoms with Crippen molar-refractivity contribution in [1.29, 1.82) is 5.26 Å². The van der Waals surface area contributed by atoms with Gasteiger partial charge in [0.15, 0.2) is 0 Å². The van der Waals surface area contributed by atoms with Gasteiger partial charge in [0.2, 0.25) is 0 Å². The van der Waals surface area contributed by atoms with Crippen molar-refractivity contribution >= 4 is 0 Å². The summed E-state index contributed by atoms with van der Waals surface area (Å²) in [6.07, 6.45) is 4.80. The predicted octanol–water partition coefficient (Wildman–Crippen LogP) is 5.69. The van der Waals surface area contributed by atoms with Crippen molar-refractivity contribution in [2.45, 2.75) is 51.0 Å². The molecule has 3 heteroatoms. The van der Waals surface area contributed by atoms with E-state index in [1.807, 2.05) is 18.2 Å². The third-order valence-electron chi connectivity index (χ3n) is 5.66. The van der Waals surface area contributed by atoms with Gasteiger partial charge in [0.05, 0.1) is 11.5 Å². The van der Waals surface area contributed by atoms with Crippen LogP contribution in [0.2, 0.25) is 0 Å². The molecule has 0 aromatic heterocycles. The van der Waals surface area contributed by atoms with Crippen LogP contribution in [-0.2, 0) is 12.0 Å². The van der Waals surface area contributed by atoms with Crippen LogP contribution in [0.3, 0.4) is 0 Å². The Hall–Kier alpha value is -2.18. The summed E-state index contributed by atoms with van der Waals surface area (Å²) in [5.41, 5.74) is 1.24. The molecule has 0 heterocycles. The largest absolute Gasteiger partial charge is 0.299 e. The Morgan fingerprint density at radius 2 is 1.78 bits per heavy atom. The average molecular weight is 365 g/mol. The Labute approximate surface area is 162 Å². The van der Waals surface area contributed by atoms with Gasteiger partial charge in [-0.25, -0.2) is 4.39 Å². The molecule has 0 radical (unpaired) electrons. The number of rotatable bonds is 10. The van der Waals surface area contributed by atoms with Crippen LogP contribution >= 0.6 is 0 Å². The minimum absolute atomic E-state index is 0.236. The third kappa shape index (κ3) is 4.76. The summed E-state index contributed by atoms with van der Waals surface area (Å²) < 4.78 is 14.5. The molecular weight excluding hydrogens is 335 g/mol. The van der Waals surface area contributed by atoms with Crippen molar-refractivity contribution < 1.29 is 4.39 Å². The molecule has 0 saturated heterocycles. The van der Waals surface area contributed by atoms with Gasteiger partial charge in [-0.3, -0.25) is 4.90 Å². The topological polar surface area (TPSA) is 27.0 Å². The number of hydrogen-bond donors (Lipinski definition) is 0. The van der Waals surface area contributed by atoms with Crippen LogP contribution in [0.1, 0.15) is 50.2 Å². The standard InChI is InChI=1S/C24H29FN2/c1-2-16-27(18-20-9-4-3-5-10-20)17-8-15-24(19-26,21-13-14-21)22-11-6-7-12-23(22)25/h3-7,9-12,21H,2,8,13-18H2,1H3. The van der Waals surface area contributed by atoms with Crippen LogP contribution in [0.25, 0.3) is 0 Å². The highest BCUT2D eigenvalue weighted by atomic mass is 19.1. The highest BCUT2D eigenvalue weighted by Crippen LogP contribution is 2.50. The van der Waals surface area contributed by atoms with Crippen molar-refractivity contribution in [1.82, 2.24) is 4.90 Å². The SMILES string of the molecule is CCCN(CCCC(C#N)(c1ccccc1F)C1CC1)Cc1ccccc1. The molecule has 142 valence electrons. The maximum Gasteiger partial charge on any atom is 0.128 e. The molecule has 27 heavy (non-hydrogen) atoms. The fourth-order valence-corrected chi connectivity index (χ4v) is 4.17. The zero-order valence-electron chi connectivity index (χ0n) is 16.2. The van der Waals surface area contributed by atoms with Crippen LogP contribution < -0.4 is 0 Å². The molecule has 0 spiro atoms. The van der Waals surface area contributed by atoms with Gasteiger partial charge in [-0.1, -0.05) is 55.5 Å². The first-order valence-electron chi connectivity index (χ1n) is 10.1. The molecule has 1 fully saturated rings. The van der Waals surface area contributed by atoms with Crippen LogP contribution in [0.15, 0.2) is 54.6 Å². The monoisotopic (exact) mass is 364 g/mol. The first-order valence-corrected chi connectivity index (χ1v) is 10.1. The van der Waals surface area contributed by atoms with Gasteiger partial charge in [0.25, 0.3) is 0 Å². The Morgan fingerprint density at radius 3 is 2.41 bits per heavy atom. The molecule has 0 aliphatic heterocycles. The zero-order chi connectivity index (χ0) is 19.1. The summed E-state index contributed by atoms with van der Waals surface area (Å²) in [5, 5.41) is 10.0. The predicted molar refractivity (Wildman–Crippen MR) is 108 cm³/mol. The van der Waals surface area contributed by atoms with E-state index in [9.17, 15) is 9.65 Å². The lowest BCUT2D eigenvalue weighted by molar-refractivity contribution is 0.249. The Bertz CT molecular complexity index is 763. The second-order valence-electron chi connectivity index (χ2n) is 7.70. The number of hydrogen-bond acceptors (Lipinski definition) is 2. The van der Waals surface area contributed by atoms with Crippen molar-refractivity contribution in [3.05, 3.63) is 71.5 Å². The first-order chi connectivity index (χ1) is 13.2. The molecule has 2 nitrogen and oxygen atoms in total. The molecule has 1 aliphatic carbocycles. The smallest absolute Gasteiger partial charge is 0.128 e. The third-order valence-corrected chi connectivity index (χ3v) is 5.66. The van der Waals surface area contributed by atoms with Crippen molar-refractivity contribution in [3.8, 4) is 6.07 Å². The van der Waals surface area contributed by atoms with E-state index in [-0.39, 0.29) is 5.82 Å². The molecule has 0 N–H and O–H groups in total. The number of nitrogens with zero attached hydrogens (tertiary/aromatic N) is 2. The molecule has 1 atom stereocenters. The highest BCUT2D eigenvalue weighted by molar-refractivity contribution is 5.36. The van der Waals surface area contributed by atoms with E-state index < -0.39 is 5.41 Å². The maximum absolute atomic E-state index is 14.5. The summed E-state index contributed by atoms with van der Waals surface area (Å²) in [4.78, 5) is 2.45. The molecular formula is C24H29FN2. The van der Waals surface area contributed by atoms with Gasteiger partial charge in [-0.15, -0.1) is 0 Å². The second kappa shape index (κ2) is 9.15. The van der Waals surface area contributed by atoms with E-state index >= 15 is 0 Å². The summed E-state index contributed by atoms with van der Waals surface area (Å²) in [6.45, 7) is 5.10. The Balaban J connectivity index is 1.68. The highest BCUT2D eigenvalue weighted by Gasteiger charge is 2.47. The fourth-order valence-electron chi connectivity index (χ4n) is 4.17. The van der Waals surface area contributed by atoms with Crippen LogP contribution in [-0.4, -0.2) is 18.0 Å². The minimum atomic E-state index is -0.671. The number of halogens is 1. The number of nitriles is 1. The van der Waals surface area contributed by atoms with Crippen molar-refractivity contribution in [2.24, 2.45) is 5.92 Å². The van der Waals surface area contributed by atoms with E-state index in [0.29, 0.717) is 11.5 Å². The molecule has 0 amide bonds. The average Bonchev–Trinajstić information content (AvgIpc) is 3.53. The molecule has 1 unspecified atom stereocenters. The van der Waals surface area contributed by atoms with E-state index in [4.69, 9.17) is 0 Å². The molecule has 3 rings (SSSR count). The summed E-state index contributed by atoms with van der Waals surface area (Å²) >= 11 is 0. The van der Waals surface area contributed by atoms with Gasteiger partial charge in [0.1, 0.15) is 5.82 Å². The van der Waals surface area contributed by atoms with Crippen molar-refractivity contribution in [3.63, 3.8) is 0 Å². The van der Waals surface area contributed by atoms with E-state index in [0.717, 1.165) is 51.7 Å². The van der Waals surface area contributed by atoms with E-state index in [2.05, 4.69) is 42.2 Å². The van der Waals surface area contributed by atoms with Gasteiger partial charge >= 0.3 is 0 Å². The van der Waals surface area contributed by atoms with E-state index in [1.165, 1.54) is 11.6 Å². The summed E-state index contributed by atoms with van der Waals surface area (Å²) in [6, 6.07) is 19.9. The lowest BCUT2D eigenvalue weighted by Crippen LogP contribution is -2.31. The second-order valence-corrected chi connectivity index (χ2v) is 7.70. The summed E-state index contributed by atoms with van der Waals surface area (Å²) in [7, 11) is 0. The maximum atomic E-state index is 14.5. The summed E-state index contributed by atoms with van der Waals surface area (Å²) in [5.74, 6) is 0.0637. The van der Waals surface area contributed by atoms with Gasteiger partial charge in [-0.05, 0) is 62.7 Å². The molecule has 1 aliphatic rings. The molecule has 0 bridgehead atoms. The zero-order valence-corrected chi connectivity index (χ0v) is 16.2. The normalized spacial score (nSPS) is 16.1.